The molecule has 0 bridgehead atoms. The number of nitrogens with zero attached hydrogens (tertiary/aromatic N) is 3. The van der Waals surface area contributed by atoms with E-state index in [0.717, 1.165) is 24.2 Å². The van der Waals surface area contributed by atoms with Gasteiger partial charge in [0.2, 0.25) is 0 Å². The van der Waals surface area contributed by atoms with Crippen LogP contribution in [0.2, 0.25) is 0 Å². The third kappa shape index (κ3) is 1.95. The Bertz CT molecular complexity index is 350. The summed E-state index contributed by atoms with van der Waals surface area (Å²) in [6.45, 7) is 7.79. The molecule has 4 nitrogen and oxygen atoms in total. The van der Waals surface area contributed by atoms with Crippen molar-refractivity contribution in [3.8, 4) is 0 Å². The van der Waals surface area contributed by atoms with E-state index < -0.39 is 0 Å². The number of hydrogen-bond donors (Lipinski definition) is 1. The highest BCUT2D eigenvalue weighted by molar-refractivity contribution is 5.05. The lowest BCUT2D eigenvalue weighted by atomic mass is 10.0. The highest BCUT2D eigenvalue weighted by Crippen LogP contribution is 2.27. The smallest absolute Gasteiger partial charge is 0.125 e. The molecule has 0 saturated carbocycles. The van der Waals surface area contributed by atoms with E-state index in [0.29, 0.717) is 0 Å². The molecule has 2 fully saturated rings. The first-order valence-electron chi connectivity index (χ1n) is 6.02. The van der Waals surface area contributed by atoms with E-state index in [-0.39, 0.29) is 0 Å². The molecule has 4 heteroatoms. The van der Waals surface area contributed by atoms with Crippen LogP contribution >= 0.6 is 0 Å². The third-order valence-corrected chi connectivity index (χ3v) is 3.71. The number of aryl methyl sites for hydroxylation is 1. The first-order chi connectivity index (χ1) is 7.81. The van der Waals surface area contributed by atoms with Crippen molar-refractivity contribution in [2.45, 2.75) is 13.5 Å². The molecule has 0 radical (unpaired) electrons. The standard InChI is InChI=1S/C12H18N4/c1-9-14-2-10(3-15-9)6-16-7-11-4-13-5-12(11)8-16/h2-3,11-13H,4-8H2,1H3. The largest absolute Gasteiger partial charge is 0.316 e. The molecular weight excluding hydrogens is 200 g/mol. The molecule has 0 aromatic carbocycles. The molecule has 2 saturated heterocycles. The minimum Gasteiger partial charge on any atom is -0.316 e. The van der Waals surface area contributed by atoms with Crippen molar-refractivity contribution in [2.75, 3.05) is 26.2 Å². The van der Waals surface area contributed by atoms with Crippen LogP contribution < -0.4 is 5.32 Å². The number of rotatable bonds is 2. The Hall–Kier alpha value is -1.00. The van der Waals surface area contributed by atoms with Gasteiger partial charge in [-0.15, -0.1) is 0 Å². The van der Waals surface area contributed by atoms with Crippen LogP contribution in [-0.2, 0) is 6.54 Å². The van der Waals surface area contributed by atoms with Crippen LogP contribution in [0.25, 0.3) is 0 Å². The van der Waals surface area contributed by atoms with Gasteiger partial charge in [-0.3, -0.25) is 4.90 Å². The van der Waals surface area contributed by atoms with Crippen LogP contribution in [0, 0.1) is 18.8 Å². The second-order valence-corrected chi connectivity index (χ2v) is 5.01. The van der Waals surface area contributed by atoms with E-state index in [1.807, 2.05) is 19.3 Å². The fourth-order valence-electron chi connectivity index (χ4n) is 2.84. The van der Waals surface area contributed by atoms with E-state index in [9.17, 15) is 0 Å². The second kappa shape index (κ2) is 4.11. The van der Waals surface area contributed by atoms with Gasteiger partial charge in [0.15, 0.2) is 0 Å². The fraction of sp³-hybridized carbons (Fsp3) is 0.667. The molecule has 1 aromatic rings. The summed E-state index contributed by atoms with van der Waals surface area (Å²) in [5, 5.41) is 3.46. The molecule has 0 aliphatic carbocycles. The van der Waals surface area contributed by atoms with Crippen molar-refractivity contribution in [3.05, 3.63) is 23.8 Å². The molecule has 16 heavy (non-hydrogen) atoms. The van der Waals surface area contributed by atoms with Crippen LogP contribution in [0.3, 0.4) is 0 Å². The second-order valence-electron chi connectivity index (χ2n) is 5.01. The molecule has 2 unspecified atom stereocenters. The maximum atomic E-state index is 4.24. The minimum absolute atomic E-state index is 0.853. The topological polar surface area (TPSA) is 41.1 Å². The zero-order chi connectivity index (χ0) is 11.0. The lowest BCUT2D eigenvalue weighted by Crippen LogP contribution is -2.25. The Labute approximate surface area is 96.1 Å². The number of nitrogens with one attached hydrogen (secondary N) is 1. The molecule has 2 aliphatic heterocycles. The summed E-state index contributed by atoms with van der Waals surface area (Å²) in [4.78, 5) is 11.0. The van der Waals surface area contributed by atoms with Crippen molar-refractivity contribution >= 4 is 0 Å². The van der Waals surface area contributed by atoms with E-state index >= 15 is 0 Å². The van der Waals surface area contributed by atoms with Gasteiger partial charge in [0.05, 0.1) is 0 Å². The fourth-order valence-corrected chi connectivity index (χ4v) is 2.84. The molecular formula is C12H18N4. The predicted octanol–water partition coefficient (Wildman–Crippen LogP) is 0.436. The number of likely N-dealkylation sites (tertiary alicyclic amines) is 1. The van der Waals surface area contributed by atoms with Gasteiger partial charge in [-0.25, -0.2) is 9.97 Å². The lowest BCUT2D eigenvalue weighted by Gasteiger charge is -2.16. The third-order valence-electron chi connectivity index (χ3n) is 3.71. The van der Waals surface area contributed by atoms with Crippen LogP contribution in [0.4, 0.5) is 0 Å². The van der Waals surface area contributed by atoms with Gasteiger partial charge in [-0.2, -0.15) is 0 Å². The summed E-state index contributed by atoms with van der Waals surface area (Å²) in [6.07, 6.45) is 3.91. The van der Waals surface area contributed by atoms with Gasteiger partial charge in [0.25, 0.3) is 0 Å². The zero-order valence-electron chi connectivity index (χ0n) is 9.69. The normalized spacial score (nSPS) is 29.6. The molecule has 3 rings (SSSR count). The zero-order valence-corrected chi connectivity index (χ0v) is 9.69. The van der Waals surface area contributed by atoms with Gasteiger partial charge in [0.1, 0.15) is 5.82 Å². The van der Waals surface area contributed by atoms with Gasteiger partial charge in [-0.1, -0.05) is 0 Å². The average Bonchev–Trinajstić information content (AvgIpc) is 2.81. The Balaban J connectivity index is 1.62. The van der Waals surface area contributed by atoms with Crippen LogP contribution in [0.15, 0.2) is 12.4 Å². The van der Waals surface area contributed by atoms with E-state index in [4.69, 9.17) is 0 Å². The van der Waals surface area contributed by atoms with Crippen molar-refractivity contribution < 1.29 is 0 Å². The molecule has 1 N–H and O–H groups in total. The highest BCUT2D eigenvalue weighted by Gasteiger charge is 2.35. The molecule has 1 aromatic heterocycles. The first-order valence-corrected chi connectivity index (χ1v) is 6.02. The number of hydrogen-bond acceptors (Lipinski definition) is 4. The summed E-state index contributed by atoms with van der Waals surface area (Å²) >= 11 is 0. The van der Waals surface area contributed by atoms with E-state index in [1.165, 1.54) is 31.7 Å². The average molecular weight is 218 g/mol. The predicted molar refractivity (Wildman–Crippen MR) is 61.9 cm³/mol. The SMILES string of the molecule is Cc1ncc(CN2CC3CNCC3C2)cn1. The highest BCUT2D eigenvalue weighted by atomic mass is 15.2. The molecule has 0 spiro atoms. The van der Waals surface area contributed by atoms with Crippen molar-refractivity contribution in [1.29, 1.82) is 0 Å². The van der Waals surface area contributed by atoms with Crippen molar-refractivity contribution in [3.63, 3.8) is 0 Å². The minimum atomic E-state index is 0.853. The first kappa shape index (κ1) is 10.2. The molecule has 2 atom stereocenters. The molecule has 2 aliphatic rings. The van der Waals surface area contributed by atoms with Crippen molar-refractivity contribution in [2.24, 2.45) is 11.8 Å². The van der Waals surface area contributed by atoms with Gasteiger partial charge in [0, 0.05) is 37.6 Å². The maximum Gasteiger partial charge on any atom is 0.125 e. The van der Waals surface area contributed by atoms with Crippen LogP contribution in [0.1, 0.15) is 11.4 Å². The quantitative estimate of drug-likeness (QED) is 0.782. The Morgan fingerprint density at radius 2 is 1.88 bits per heavy atom. The van der Waals surface area contributed by atoms with Gasteiger partial charge >= 0.3 is 0 Å². The molecule has 3 heterocycles. The monoisotopic (exact) mass is 218 g/mol. The molecule has 0 amide bonds. The summed E-state index contributed by atoms with van der Waals surface area (Å²) in [5.41, 5.74) is 1.23. The lowest BCUT2D eigenvalue weighted by molar-refractivity contribution is 0.305. The molecule has 86 valence electrons. The van der Waals surface area contributed by atoms with E-state index in [1.54, 1.807) is 0 Å². The van der Waals surface area contributed by atoms with Crippen molar-refractivity contribution in [1.82, 2.24) is 20.2 Å². The Kier molecular flexibility index (Phi) is 2.61. The van der Waals surface area contributed by atoms with Crippen LogP contribution in [-0.4, -0.2) is 41.0 Å². The summed E-state index contributed by atoms with van der Waals surface area (Å²) < 4.78 is 0. The van der Waals surface area contributed by atoms with Gasteiger partial charge in [-0.05, 0) is 31.8 Å². The summed E-state index contributed by atoms with van der Waals surface area (Å²) in [5.74, 6) is 2.59. The Morgan fingerprint density at radius 1 is 1.25 bits per heavy atom. The Morgan fingerprint density at radius 3 is 2.50 bits per heavy atom. The van der Waals surface area contributed by atoms with E-state index in [2.05, 4.69) is 20.2 Å². The summed E-state index contributed by atoms with van der Waals surface area (Å²) in [6, 6.07) is 0. The number of aromatic nitrogens is 2. The van der Waals surface area contributed by atoms with Gasteiger partial charge < -0.3 is 5.32 Å². The van der Waals surface area contributed by atoms with Crippen LogP contribution in [0.5, 0.6) is 0 Å². The maximum absolute atomic E-state index is 4.24. The summed E-state index contributed by atoms with van der Waals surface area (Å²) in [7, 11) is 0. The number of fused-ring (bicyclic) bond motifs is 1.